The average Bonchev–Trinajstić information content (AvgIpc) is 3.20. The van der Waals surface area contributed by atoms with Crippen LogP contribution in [0.2, 0.25) is 0 Å². The Bertz CT molecular complexity index is 1050. The number of amides is 1. The van der Waals surface area contributed by atoms with Crippen LogP contribution in [0, 0.1) is 6.92 Å². The van der Waals surface area contributed by atoms with Crippen LogP contribution in [0.5, 0.6) is 0 Å². The quantitative estimate of drug-likeness (QED) is 0.659. The summed E-state index contributed by atoms with van der Waals surface area (Å²) in [6.45, 7) is 5.22. The van der Waals surface area contributed by atoms with E-state index in [9.17, 15) is 4.79 Å². The fraction of sp³-hybridized carbons (Fsp3) is 0.458. The molecule has 0 spiro atoms. The molecule has 2 fully saturated rings. The van der Waals surface area contributed by atoms with Gasteiger partial charge in [0.05, 0.1) is 6.04 Å². The number of carbonyl (C=O) groups excluding carboxylic acids is 1. The van der Waals surface area contributed by atoms with Crippen LogP contribution in [0.25, 0.3) is 10.8 Å². The zero-order valence-corrected chi connectivity index (χ0v) is 17.5. The van der Waals surface area contributed by atoms with Gasteiger partial charge in [-0.3, -0.25) is 9.78 Å². The maximum absolute atomic E-state index is 13.4. The number of aromatic nitrogens is 3. The van der Waals surface area contributed by atoms with E-state index in [2.05, 4.69) is 16.5 Å². The van der Waals surface area contributed by atoms with Gasteiger partial charge in [-0.1, -0.05) is 24.3 Å². The Morgan fingerprint density at radius 3 is 2.80 bits per heavy atom. The number of likely N-dealkylation sites (tertiary alicyclic amines) is 1. The fourth-order valence-electron chi connectivity index (χ4n) is 4.99. The highest BCUT2D eigenvalue weighted by molar-refractivity contribution is 6.05. The highest BCUT2D eigenvalue weighted by atomic mass is 16.5. The van der Waals surface area contributed by atoms with Crippen LogP contribution in [0.4, 0.5) is 0 Å². The first-order valence-corrected chi connectivity index (χ1v) is 11.0. The Morgan fingerprint density at radius 2 is 1.93 bits per heavy atom. The number of pyridine rings is 1. The summed E-state index contributed by atoms with van der Waals surface area (Å²) >= 11 is 0. The number of benzene rings is 1. The molecule has 0 bridgehead atoms. The summed E-state index contributed by atoms with van der Waals surface area (Å²) in [6.07, 6.45) is 7.82. The average molecular weight is 405 g/mol. The predicted molar refractivity (Wildman–Crippen MR) is 116 cm³/mol. The SMILES string of the molecule is Cc1cnc(C2CCOCC2)n1C1CCCN(C(=O)c2nccc3ccccc23)C1. The molecule has 156 valence electrons. The van der Waals surface area contributed by atoms with Gasteiger partial charge in [0.25, 0.3) is 5.91 Å². The lowest BCUT2D eigenvalue weighted by Crippen LogP contribution is -2.41. The smallest absolute Gasteiger partial charge is 0.273 e. The standard InChI is InChI=1S/C24H28N4O2/c1-17-15-26-23(19-9-13-30-14-10-19)28(17)20-6-4-12-27(16-20)24(29)22-21-7-3-2-5-18(21)8-11-25-22/h2-3,5,7-8,11,15,19-20H,4,6,9-10,12-14,16H2,1H3. The Balaban J connectivity index is 1.42. The van der Waals surface area contributed by atoms with Crippen molar-refractivity contribution in [3.05, 3.63) is 59.9 Å². The maximum Gasteiger partial charge on any atom is 0.273 e. The maximum atomic E-state index is 13.4. The van der Waals surface area contributed by atoms with Gasteiger partial charge in [0.1, 0.15) is 11.5 Å². The van der Waals surface area contributed by atoms with Gasteiger partial charge in [-0.25, -0.2) is 4.98 Å². The second-order valence-corrected chi connectivity index (χ2v) is 8.44. The zero-order valence-electron chi connectivity index (χ0n) is 17.5. The van der Waals surface area contributed by atoms with Crippen LogP contribution >= 0.6 is 0 Å². The molecule has 0 N–H and O–H groups in total. The van der Waals surface area contributed by atoms with Crippen molar-refractivity contribution in [1.82, 2.24) is 19.4 Å². The van der Waals surface area contributed by atoms with E-state index >= 15 is 0 Å². The van der Waals surface area contributed by atoms with Crippen molar-refractivity contribution in [3.63, 3.8) is 0 Å². The number of hydrogen-bond acceptors (Lipinski definition) is 4. The van der Waals surface area contributed by atoms with Gasteiger partial charge in [-0.2, -0.15) is 0 Å². The lowest BCUT2D eigenvalue weighted by Gasteiger charge is -2.36. The molecule has 0 aliphatic carbocycles. The molecule has 2 aliphatic heterocycles. The minimum absolute atomic E-state index is 0.0295. The van der Waals surface area contributed by atoms with Gasteiger partial charge in [-0.15, -0.1) is 0 Å². The van der Waals surface area contributed by atoms with E-state index in [-0.39, 0.29) is 11.9 Å². The fourth-order valence-corrected chi connectivity index (χ4v) is 4.99. The summed E-state index contributed by atoms with van der Waals surface area (Å²) in [4.78, 5) is 24.6. The molecular weight excluding hydrogens is 376 g/mol. The second-order valence-electron chi connectivity index (χ2n) is 8.44. The van der Waals surface area contributed by atoms with Crippen LogP contribution in [0.15, 0.2) is 42.7 Å². The Kier molecular flexibility index (Phi) is 5.25. The Hall–Kier alpha value is -2.73. The molecule has 4 heterocycles. The third-order valence-corrected chi connectivity index (χ3v) is 6.52. The minimum Gasteiger partial charge on any atom is -0.381 e. The first-order chi connectivity index (χ1) is 14.7. The number of rotatable bonds is 3. The topological polar surface area (TPSA) is 60.2 Å². The molecule has 2 aliphatic rings. The summed E-state index contributed by atoms with van der Waals surface area (Å²) in [5.74, 6) is 1.64. The molecular formula is C24H28N4O2. The number of ether oxygens (including phenoxy) is 1. The molecule has 5 rings (SSSR count). The number of piperidine rings is 1. The van der Waals surface area contributed by atoms with E-state index in [0.717, 1.165) is 56.2 Å². The Morgan fingerprint density at radius 1 is 1.10 bits per heavy atom. The van der Waals surface area contributed by atoms with Gasteiger partial charge in [0, 0.05) is 55.7 Å². The second kappa shape index (κ2) is 8.19. The normalized spacial score (nSPS) is 20.6. The number of hydrogen-bond donors (Lipinski definition) is 0. The van der Waals surface area contributed by atoms with E-state index in [1.165, 1.54) is 11.5 Å². The first kappa shape index (κ1) is 19.2. The summed E-state index contributed by atoms with van der Waals surface area (Å²) < 4.78 is 7.94. The van der Waals surface area contributed by atoms with Gasteiger partial charge < -0.3 is 14.2 Å². The minimum atomic E-state index is 0.0295. The number of fused-ring (bicyclic) bond motifs is 1. The molecule has 2 aromatic heterocycles. The van der Waals surface area contributed by atoms with Crippen LogP contribution in [0.3, 0.4) is 0 Å². The van der Waals surface area contributed by atoms with Crippen molar-refractivity contribution in [3.8, 4) is 0 Å². The molecule has 3 aromatic rings. The summed E-state index contributed by atoms with van der Waals surface area (Å²) in [7, 11) is 0. The van der Waals surface area contributed by atoms with Crippen molar-refractivity contribution < 1.29 is 9.53 Å². The van der Waals surface area contributed by atoms with Crippen molar-refractivity contribution in [1.29, 1.82) is 0 Å². The zero-order chi connectivity index (χ0) is 20.5. The highest BCUT2D eigenvalue weighted by Crippen LogP contribution is 2.32. The van der Waals surface area contributed by atoms with Gasteiger partial charge in [0.15, 0.2) is 0 Å². The van der Waals surface area contributed by atoms with Crippen LogP contribution < -0.4 is 0 Å². The lowest BCUT2D eigenvalue weighted by atomic mass is 9.97. The molecule has 6 heteroatoms. The van der Waals surface area contributed by atoms with Crippen LogP contribution in [0.1, 0.15) is 59.6 Å². The summed E-state index contributed by atoms with van der Waals surface area (Å²) in [6, 6.07) is 10.2. The Labute approximate surface area is 176 Å². The largest absolute Gasteiger partial charge is 0.381 e. The highest BCUT2D eigenvalue weighted by Gasteiger charge is 2.31. The molecule has 1 unspecified atom stereocenters. The third-order valence-electron chi connectivity index (χ3n) is 6.52. The predicted octanol–water partition coefficient (Wildman–Crippen LogP) is 4.11. The third kappa shape index (κ3) is 3.49. The number of nitrogens with zero attached hydrogens (tertiary/aromatic N) is 4. The van der Waals surface area contributed by atoms with E-state index in [4.69, 9.17) is 9.72 Å². The van der Waals surface area contributed by atoms with Crippen LogP contribution in [-0.4, -0.2) is 51.6 Å². The molecule has 1 amide bonds. The molecule has 2 saturated heterocycles. The number of carbonyl (C=O) groups is 1. The molecule has 30 heavy (non-hydrogen) atoms. The first-order valence-electron chi connectivity index (χ1n) is 11.0. The van der Waals surface area contributed by atoms with E-state index in [0.29, 0.717) is 18.2 Å². The molecule has 6 nitrogen and oxygen atoms in total. The van der Waals surface area contributed by atoms with Crippen molar-refractivity contribution in [2.75, 3.05) is 26.3 Å². The number of aryl methyl sites for hydroxylation is 1. The molecule has 1 atom stereocenters. The summed E-state index contributed by atoms with van der Waals surface area (Å²) in [5, 5.41) is 1.98. The van der Waals surface area contributed by atoms with Gasteiger partial charge >= 0.3 is 0 Å². The monoisotopic (exact) mass is 404 g/mol. The molecule has 0 saturated carbocycles. The summed E-state index contributed by atoms with van der Waals surface area (Å²) in [5.41, 5.74) is 1.74. The van der Waals surface area contributed by atoms with E-state index in [1.54, 1.807) is 6.20 Å². The van der Waals surface area contributed by atoms with Crippen LogP contribution in [-0.2, 0) is 4.74 Å². The molecule has 0 radical (unpaired) electrons. The lowest BCUT2D eigenvalue weighted by molar-refractivity contribution is 0.0663. The van der Waals surface area contributed by atoms with E-state index < -0.39 is 0 Å². The number of imidazole rings is 1. The van der Waals surface area contributed by atoms with Crippen molar-refractivity contribution in [2.24, 2.45) is 0 Å². The van der Waals surface area contributed by atoms with Gasteiger partial charge in [-0.05, 0) is 44.1 Å². The van der Waals surface area contributed by atoms with E-state index in [1.807, 2.05) is 41.4 Å². The van der Waals surface area contributed by atoms with Gasteiger partial charge in [0.2, 0.25) is 0 Å². The molecule has 1 aromatic carbocycles. The van der Waals surface area contributed by atoms with Crippen molar-refractivity contribution >= 4 is 16.7 Å². The van der Waals surface area contributed by atoms with Crippen molar-refractivity contribution in [2.45, 2.75) is 44.6 Å².